The molecule has 0 bridgehead atoms. The minimum Gasteiger partial charge on any atom is -0.327 e. The molecule has 0 saturated heterocycles. The van der Waals surface area contributed by atoms with Gasteiger partial charge in [-0.1, -0.05) is 6.92 Å². The second kappa shape index (κ2) is 2.48. The molecule has 2 atom stereocenters. The molecule has 0 unspecified atom stereocenters. The second-order valence-electron chi connectivity index (χ2n) is 2.97. The standard InChI is InChI=1S/C7H14N2/c1-5-2-3-6(8)4-7(5)9/h5-6,9H,2-4,8H2,1H3/t5-,6+/m1/s1. The number of rotatable bonds is 0. The molecule has 0 aliphatic heterocycles. The molecule has 52 valence electrons. The summed E-state index contributed by atoms with van der Waals surface area (Å²) in [6.45, 7) is 2.11. The molecule has 1 saturated carbocycles. The molecule has 2 heteroatoms. The van der Waals surface area contributed by atoms with Crippen LogP contribution in [0.1, 0.15) is 26.2 Å². The molecule has 0 amide bonds. The first kappa shape index (κ1) is 6.75. The van der Waals surface area contributed by atoms with Crippen molar-refractivity contribution in [2.45, 2.75) is 32.2 Å². The first-order valence-electron chi connectivity index (χ1n) is 3.53. The topological polar surface area (TPSA) is 49.9 Å². The zero-order chi connectivity index (χ0) is 6.85. The molecule has 0 aromatic carbocycles. The van der Waals surface area contributed by atoms with E-state index in [0.717, 1.165) is 25.0 Å². The molecule has 0 heterocycles. The van der Waals surface area contributed by atoms with Gasteiger partial charge in [-0.3, -0.25) is 0 Å². The van der Waals surface area contributed by atoms with Crippen LogP contribution in [0.5, 0.6) is 0 Å². The first-order chi connectivity index (χ1) is 4.20. The van der Waals surface area contributed by atoms with E-state index in [9.17, 15) is 0 Å². The van der Waals surface area contributed by atoms with Crippen molar-refractivity contribution in [2.75, 3.05) is 0 Å². The summed E-state index contributed by atoms with van der Waals surface area (Å²) in [7, 11) is 0. The normalized spacial score (nSPS) is 36.9. The molecular formula is C7H14N2. The van der Waals surface area contributed by atoms with E-state index in [4.69, 9.17) is 11.1 Å². The zero-order valence-corrected chi connectivity index (χ0v) is 5.85. The van der Waals surface area contributed by atoms with E-state index < -0.39 is 0 Å². The lowest BCUT2D eigenvalue weighted by Gasteiger charge is -2.23. The van der Waals surface area contributed by atoms with Crippen LogP contribution in [0, 0.1) is 11.3 Å². The molecule has 0 radical (unpaired) electrons. The van der Waals surface area contributed by atoms with E-state index in [2.05, 4.69) is 6.92 Å². The fourth-order valence-corrected chi connectivity index (χ4v) is 1.22. The zero-order valence-electron chi connectivity index (χ0n) is 5.85. The van der Waals surface area contributed by atoms with Gasteiger partial charge >= 0.3 is 0 Å². The van der Waals surface area contributed by atoms with Crippen LogP contribution in [0.2, 0.25) is 0 Å². The Morgan fingerprint density at radius 2 is 2.22 bits per heavy atom. The fraction of sp³-hybridized carbons (Fsp3) is 0.857. The molecule has 1 aliphatic carbocycles. The van der Waals surface area contributed by atoms with Crippen LogP contribution >= 0.6 is 0 Å². The number of hydrogen-bond donors (Lipinski definition) is 2. The maximum atomic E-state index is 7.45. The minimum atomic E-state index is 0.272. The Bertz CT molecular complexity index is 120. The summed E-state index contributed by atoms with van der Waals surface area (Å²) in [4.78, 5) is 0. The van der Waals surface area contributed by atoms with Gasteiger partial charge in [0.15, 0.2) is 0 Å². The smallest absolute Gasteiger partial charge is 0.0133 e. The summed E-state index contributed by atoms with van der Waals surface area (Å²) in [6.07, 6.45) is 3.03. The van der Waals surface area contributed by atoms with Crippen molar-refractivity contribution in [1.29, 1.82) is 5.41 Å². The molecule has 1 rings (SSSR count). The highest BCUT2D eigenvalue weighted by Crippen LogP contribution is 2.18. The maximum Gasteiger partial charge on any atom is 0.0133 e. The monoisotopic (exact) mass is 126 g/mol. The van der Waals surface area contributed by atoms with Crippen molar-refractivity contribution >= 4 is 5.71 Å². The van der Waals surface area contributed by atoms with Crippen molar-refractivity contribution in [3.63, 3.8) is 0 Å². The highest BCUT2D eigenvalue weighted by molar-refractivity contribution is 5.84. The van der Waals surface area contributed by atoms with Crippen molar-refractivity contribution in [3.8, 4) is 0 Å². The molecule has 2 nitrogen and oxygen atoms in total. The van der Waals surface area contributed by atoms with E-state index in [-0.39, 0.29) is 6.04 Å². The van der Waals surface area contributed by atoms with Gasteiger partial charge in [0, 0.05) is 18.2 Å². The quantitative estimate of drug-likeness (QED) is 0.502. The predicted octanol–water partition coefficient (Wildman–Crippen LogP) is 1.15. The van der Waals surface area contributed by atoms with Gasteiger partial charge in [-0.2, -0.15) is 0 Å². The number of nitrogens with one attached hydrogen (secondary N) is 1. The fourth-order valence-electron chi connectivity index (χ4n) is 1.22. The molecule has 3 N–H and O–H groups in total. The number of nitrogens with two attached hydrogens (primary N) is 1. The van der Waals surface area contributed by atoms with Gasteiger partial charge in [0.05, 0.1) is 0 Å². The maximum absolute atomic E-state index is 7.45. The van der Waals surface area contributed by atoms with Gasteiger partial charge in [-0.25, -0.2) is 0 Å². The van der Waals surface area contributed by atoms with Gasteiger partial charge in [0.2, 0.25) is 0 Å². The third-order valence-electron chi connectivity index (χ3n) is 2.05. The largest absolute Gasteiger partial charge is 0.327 e. The average Bonchev–Trinajstić information content (AvgIpc) is 1.80. The summed E-state index contributed by atoms with van der Waals surface area (Å²) in [5.74, 6) is 0.491. The molecule has 0 aromatic rings. The Kier molecular flexibility index (Phi) is 1.86. The van der Waals surface area contributed by atoms with E-state index in [1.165, 1.54) is 0 Å². The van der Waals surface area contributed by atoms with Crippen molar-refractivity contribution in [1.82, 2.24) is 0 Å². The van der Waals surface area contributed by atoms with E-state index in [0.29, 0.717) is 5.92 Å². The predicted molar refractivity (Wildman–Crippen MR) is 38.7 cm³/mol. The Labute approximate surface area is 55.9 Å². The summed E-state index contributed by atoms with van der Waals surface area (Å²) >= 11 is 0. The summed E-state index contributed by atoms with van der Waals surface area (Å²) in [5.41, 5.74) is 6.49. The summed E-state index contributed by atoms with van der Waals surface area (Å²) in [6, 6.07) is 0.272. The Morgan fingerprint density at radius 1 is 1.56 bits per heavy atom. The highest BCUT2D eigenvalue weighted by atomic mass is 14.7. The van der Waals surface area contributed by atoms with Crippen molar-refractivity contribution in [3.05, 3.63) is 0 Å². The second-order valence-corrected chi connectivity index (χ2v) is 2.97. The first-order valence-corrected chi connectivity index (χ1v) is 3.53. The molecular weight excluding hydrogens is 112 g/mol. The lowest BCUT2D eigenvalue weighted by atomic mass is 9.86. The SMILES string of the molecule is C[C@@H]1CC[C@H](N)CC1=N. The van der Waals surface area contributed by atoms with Crippen LogP contribution in [-0.4, -0.2) is 11.8 Å². The molecule has 1 aliphatic rings. The van der Waals surface area contributed by atoms with Crippen LogP contribution in [0.4, 0.5) is 0 Å². The lowest BCUT2D eigenvalue weighted by molar-refractivity contribution is 0.497. The van der Waals surface area contributed by atoms with E-state index in [1.54, 1.807) is 0 Å². The third kappa shape index (κ3) is 1.52. The average molecular weight is 126 g/mol. The molecule has 0 aromatic heterocycles. The van der Waals surface area contributed by atoms with Crippen LogP contribution in [0.25, 0.3) is 0 Å². The minimum absolute atomic E-state index is 0.272. The Hall–Kier alpha value is -0.370. The van der Waals surface area contributed by atoms with Gasteiger partial charge in [-0.05, 0) is 18.8 Å². The molecule has 1 fully saturated rings. The van der Waals surface area contributed by atoms with Gasteiger partial charge in [-0.15, -0.1) is 0 Å². The summed E-state index contributed by atoms with van der Waals surface area (Å²) in [5, 5.41) is 7.45. The van der Waals surface area contributed by atoms with Gasteiger partial charge in [0.1, 0.15) is 0 Å². The highest BCUT2D eigenvalue weighted by Gasteiger charge is 2.19. The molecule has 0 spiro atoms. The van der Waals surface area contributed by atoms with Crippen LogP contribution in [-0.2, 0) is 0 Å². The van der Waals surface area contributed by atoms with E-state index >= 15 is 0 Å². The third-order valence-corrected chi connectivity index (χ3v) is 2.05. The van der Waals surface area contributed by atoms with Gasteiger partial charge in [0.25, 0.3) is 0 Å². The van der Waals surface area contributed by atoms with Crippen LogP contribution in [0.15, 0.2) is 0 Å². The van der Waals surface area contributed by atoms with Crippen LogP contribution in [0.3, 0.4) is 0 Å². The molecule has 9 heavy (non-hydrogen) atoms. The lowest BCUT2D eigenvalue weighted by Crippen LogP contribution is -2.31. The van der Waals surface area contributed by atoms with Crippen LogP contribution < -0.4 is 5.73 Å². The number of hydrogen-bond acceptors (Lipinski definition) is 2. The van der Waals surface area contributed by atoms with Crippen molar-refractivity contribution < 1.29 is 0 Å². The Balaban J connectivity index is 2.44. The van der Waals surface area contributed by atoms with E-state index in [1.807, 2.05) is 0 Å². The van der Waals surface area contributed by atoms with Crippen molar-refractivity contribution in [2.24, 2.45) is 11.7 Å². The van der Waals surface area contributed by atoms with Gasteiger partial charge < -0.3 is 11.1 Å². The summed E-state index contributed by atoms with van der Waals surface area (Å²) < 4.78 is 0. The Morgan fingerprint density at radius 3 is 2.67 bits per heavy atom.